The van der Waals surface area contributed by atoms with Gasteiger partial charge in [0.25, 0.3) is 0 Å². The highest BCUT2D eigenvalue weighted by Gasteiger charge is 2.03. The van der Waals surface area contributed by atoms with E-state index in [1.165, 1.54) is 6.20 Å². The third kappa shape index (κ3) is 1.85. The van der Waals surface area contributed by atoms with Gasteiger partial charge in [0.05, 0.1) is 19.0 Å². The van der Waals surface area contributed by atoms with Gasteiger partial charge in [-0.25, -0.2) is 9.97 Å². The fourth-order valence-electron chi connectivity index (χ4n) is 1.18. The summed E-state index contributed by atoms with van der Waals surface area (Å²) in [5.74, 6) is 1.16. The van der Waals surface area contributed by atoms with Crippen molar-refractivity contribution in [3.05, 3.63) is 30.2 Å². The molecule has 0 bridgehead atoms. The Bertz CT molecular complexity index is 462. The quantitative estimate of drug-likeness (QED) is 0.763. The number of rotatable bonds is 3. The fourth-order valence-corrected chi connectivity index (χ4v) is 1.18. The van der Waals surface area contributed by atoms with E-state index in [9.17, 15) is 4.79 Å². The third-order valence-electron chi connectivity index (χ3n) is 1.94. The van der Waals surface area contributed by atoms with Crippen LogP contribution in [0.3, 0.4) is 0 Å². The molecule has 0 amide bonds. The minimum absolute atomic E-state index is 0.445. The van der Waals surface area contributed by atoms with Gasteiger partial charge in [0.15, 0.2) is 6.29 Å². The zero-order valence-electron chi connectivity index (χ0n) is 8.10. The maximum Gasteiger partial charge on any atom is 0.212 e. The van der Waals surface area contributed by atoms with Crippen LogP contribution in [0.5, 0.6) is 5.88 Å². The lowest BCUT2D eigenvalue weighted by Crippen LogP contribution is -1.88. The predicted molar refractivity (Wildman–Crippen MR) is 53.8 cm³/mol. The minimum Gasteiger partial charge on any atom is -0.481 e. The molecule has 2 heterocycles. The second-order valence-electron chi connectivity index (χ2n) is 2.89. The number of H-pyrrole nitrogens is 1. The molecule has 0 unspecified atom stereocenters. The summed E-state index contributed by atoms with van der Waals surface area (Å²) in [4.78, 5) is 21.4. The summed E-state index contributed by atoms with van der Waals surface area (Å²) in [7, 11) is 1.55. The highest BCUT2D eigenvalue weighted by Crippen LogP contribution is 2.16. The normalized spacial score (nSPS) is 9.93. The molecule has 0 saturated carbocycles. The molecular weight excluding hydrogens is 194 g/mol. The number of aromatic amines is 1. The molecule has 0 aliphatic carbocycles. The molecule has 0 fully saturated rings. The highest BCUT2D eigenvalue weighted by molar-refractivity contribution is 5.73. The lowest BCUT2D eigenvalue weighted by atomic mass is 10.3. The van der Waals surface area contributed by atoms with Gasteiger partial charge in [-0.05, 0) is 6.07 Å². The van der Waals surface area contributed by atoms with Crippen LogP contribution >= 0.6 is 0 Å². The summed E-state index contributed by atoms with van der Waals surface area (Å²) in [6.07, 6.45) is 3.83. The van der Waals surface area contributed by atoms with Crippen LogP contribution in [0.15, 0.2) is 24.5 Å². The van der Waals surface area contributed by atoms with Crippen LogP contribution in [-0.4, -0.2) is 28.3 Å². The first-order chi connectivity index (χ1) is 7.33. The van der Waals surface area contributed by atoms with Crippen molar-refractivity contribution in [2.75, 3.05) is 7.11 Å². The number of hydrogen-bond donors (Lipinski definition) is 1. The minimum atomic E-state index is 0.445. The second kappa shape index (κ2) is 3.91. The number of pyridine rings is 1. The van der Waals surface area contributed by atoms with E-state index in [0.29, 0.717) is 23.7 Å². The Kier molecular flexibility index (Phi) is 2.45. The lowest BCUT2D eigenvalue weighted by Gasteiger charge is -1.99. The first-order valence-electron chi connectivity index (χ1n) is 4.34. The predicted octanol–water partition coefficient (Wildman–Crippen LogP) is 1.29. The van der Waals surface area contributed by atoms with Crippen molar-refractivity contribution in [2.24, 2.45) is 0 Å². The van der Waals surface area contributed by atoms with Gasteiger partial charge < -0.3 is 9.72 Å². The molecular formula is C10H9N3O2. The van der Waals surface area contributed by atoms with E-state index in [2.05, 4.69) is 15.0 Å². The molecule has 2 aromatic heterocycles. The molecule has 0 radical (unpaired) electrons. The molecule has 0 aliphatic rings. The Morgan fingerprint density at radius 3 is 2.73 bits per heavy atom. The van der Waals surface area contributed by atoms with Gasteiger partial charge in [0, 0.05) is 17.8 Å². The number of hydrogen-bond acceptors (Lipinski definition) is 4. The molecule has 0 saturated heterocycles. The largest absolute Gasteiger partial charge is 0.481 e. The van der Waals surface area contributed by atoms with Crippen LogP contribution in [0.1, 0.15) is 10.5 Å². The number of imidazole rings is 1. The zero-order valence-corrected chi connectivity index (χ0v) is 8.10. The summed E-state index contributed by atoms with van der Waals surface area (Å²) >= 11 is 0. The van der Waals surface area contributed by atoms with Gasteiger partial charge >= 0.3 is 0 Å². The van der Waals surface area contributed by atoms with Crippen molar-refractivity contribution in [3.8, 4) is 17.3 Å². The summed E-state index contributed by atoms with van der Waals surface area (Å²) in [5.41, 5.74) is 1.25. The Balaban J connectivity index is 2.32. The van der Waals surface area contributed by atoms with Crippen LogP contribution in [0.25, 0.3) is 11.4 Å². The molecule has 0 atom stereocenters. The Hall–Kier alpha value is -2.17. The average Bonchev–Trinajstić information content (AvgIpc) is 2.78. The van der Waals surface area contributed by atoms with Crippen LogP contribution in [-0.2, 0) is 0 Å². The molecule has 2 rings (SSSR count). The number of carbonyl (C=O) groups is 1. The Morgan fingerprint density at radius 2 is 2.20 bits per heavy atom. The van der Waals surface area contributed by atoms with Gasteiger partial charge in [-0.2, -0.15) is 0 Å². The van der Waals surface area contributed by atoms with Gasteiger partial charge in [0.1, 0.15) is 5.82 Å². The van der Waals surface area contributed by atoms with Crippen LogP contribution in [0.2, 0.25) is 0 Å². The summed E-state index contributed by atoms with van der Waals surface area (Å²) in [5, 5.41) is 0. The van der Waals surface area contributed by atoms with Crippen molar-refractivity contribution in [1.82, 2.24) is 15.0 Å². The third-order valence-corrected chi connectivity index (χ3v) is 1.94. The van der Waals surface area contributed by atoms with Gasteiger partial charge in [0.2, 0.25) is 5.88 Å². The van der Waals surface area contributed by atoms with E-state index in [1.807, 2.05) is 6.07 Å². The molecule has 2 aromatic rings. The van der Waals surface area contributed by atoms with Gasteiger partial charge in [-0.3, -0.25) is 4.79 Å². The molecule has 0 spiro atoms. The summed E-state index contributed by atoms with van der Waals surface area (Å²) in [6.45, 7) is 0. The van der Waals surface area contributed by atoms with Crippen molar-refractivity contribution in [3.63, 3.8) is 0 Å². The number of aromatic nitrogens is 3. The van der Waals surface area contributed by atoms with Crippen molar-refractivity contribution < 1.29 is 9.53 Å². The number of nitrogens with one attached hydrogen (secondary N) is 1. The number of nitrogens with zero attached hydrogens (tertiary/aromatic N) is 2. The zero-order chi connectivity index (χ0) is 10.7. The SMILES string of the molecule is COc1ccc(-c2ncc(C=O)[nH]2)cn1. The number of carbonyl (C=O) groups excluding carboxylic acids is 1. The van der Waals surface area contributed by atoms with E-state index in [4.69, 9.17) is 4.74 Å². The molecule has 5 nitrogen and oxygen atoms in total. The Labute approximate surface area is 86.1 Å². The van der Waals surface area contributed by atoms with Crippen molar-refractivity contribution >= 4 is 6.29 Å². The number of ether oxygens (including phenoxy) is 1. The molecule has 76 valence electrons. The average molecular weight is 203 g/mol. The van der Waals surface area contributed by atoms with E-state index >= 15 is 0 Å². The van der Waals surface area contributed by atoms with Crippen molar-refractivity contribution in [1.29, 1.82) is 0 Å². The maximum atomic E-state index is 10.4. The first kappa shape index (κ1) is 9.39. The number of methoxy groups -OCH3 is 1. The lowest BCUT2D eigenvalue weighted by molar-refractivity contribution is 0.111. The van der Waals surface area contributed by atoms with E-state index in [0.717, 1.165) is 5.56 Å². The standard InChI is InChI=1S/C10H9N3O2/c1-15-9-3-2-7(4-11-9)10-12-5-8(6-14)13-10/h2-6H,1H3,(H,12,13). The number of aldehydes is 1. The van der Waals surface area contributed by atoms with E-state index in [-0.39, 0.29) is 0 Å². The molecule has 0 aliphatic heterocycles. The van der Waals surface area contributed by atoms with E-state index in [1.54, 1.807) is 19.4 Å². The second-order valence-corrected chi connectivity index (χ2v) is 2.89. The highest BCUT2D eigenvalue weighted by atomic mass is 16.5. The van der Waals surface area contributed by atoms with Crippen LogP contribution < -0.4 is 4.74 Å². The summed E-state index contributed by atoms with van der Waals surface area (Å²) in [6, 6.07) is 3.55. The van der Waals surface area contributed by atoms with Gasteiger partial charge in [-0.15, -0.1) is 0 Å². The van der Waals surface area contributed by atoms with Gasteiger partial charge in [-0.1, -0.05) is 0 Å². The fraction of sp³-hybridized carbons (Fsp3) is 0.100. The monoisotopic (exact) mass is 203 g/mol. The molecule has 5 heteroatoms. The maximum absolute atomic E-state index is 10.4. The smallest absolute Gasteiger partial charge is 0.212 e. The molecule has 1 N–H and O–H groups in total. The summed E-state index contributed by atoms with van der Waals surface area (Å²) < 4.78 is 4.93. The molecule has 0 aromatic carbocycles. The Morgan fingerprint density at radius 1 is 1.33 bits per heavy atom. The van der Waals surface area contributed by atoms with Crippen LogP contribution in [0, 0.1) is 0 Å². The first-order valence-corrected chi connectivity index (χ1v) is 4.34. The van der Waals surface area contributed by atoms with E-state index < -0.39 is 0 Å². The molecule has 15 heavy (non-hydrogen) atoms. The van der Waals surface area contributed by atoms with Crippen LogP contribution in [0.4, 0.5) is 0 Å². The topological polar surface area (TPSA) is 67.9 Å². The van der Waals surface area contributed by atoms with Crippen molar-refractivity contribution in [2.45, 2.75) is 0 Å².